The second-order valence-electron chi connectivity index (χ2n) is 10.1. The minimum absolute atomic E-state index is 0.0740. The molecule has 4 amide bonds. The van der Waals surface area contributed by atoms with Crippen molar-refractivity contribution < 1.29 is 19.1 Å². The molecule has 0 aliphatic carbocycles. The second kappa shape index (κ2) is 11.6. The summed E-state index contributed by atoms with van der Waals surface area (Å²) >= 11 is 1.24. The first kappa shape index (κ1) is 27.4. The largest absolute Gasteiger partial charge is 0.457 e. The third kappa shape index (κ3) is 5.31. The van der Waals surface area contributed by atoms with Crippen LogP contribution in [0.2, 0.25) is 0 Å². The average Bonchev–Trinajstić information content (AvgIpc) is 3.60. The van der Waals surface area contributed by atoms with Crippen molar-refractivity contribution in [1.29, 1.82) is 0 Å². The van der Waals surface area contributed by atoms with Crippen LogP contribution < -0.4 is 25.6 Å². The van der Waals surface area contributed by atoms with Crippen LogP contribution in [0.4, 0.5) is 21.9 Å². The third-order valence-corrected chi connectivity index (χ3v) is 8.35. The molecule has 42 heavy (non-hydrogen) atoms. The van der Waals surface area contributed by atoms with E-state index in [0.29, 0.717) is 64.0 Å². The summed E-state index contributed by atoms with van der Waals surface area (Å²) in [6.07, 6.45) is 5.64. The molecule has 11 heteroatoms. The first-order valence-corrected chi connectivity index (χ1v) is 14.5. The van der Waals surface area contributed by atoms with Crippen molar-refractivity contribution >= 4 is 56.5 Å². The van der Waals surface area contributed by atoms with Gasteiger partial charge < -0.3 is 25.6 Å². The van der Waals surface area contributed by atoms with E-state index < -0.39 is 0 Å². The molecule has 2 aromatic carbocycles. The molecule has 1 fully saturated rings. The molecular weight excluding hydrogens is 552 g/mol. The molecular formula is C31H30N6O4S. The minimum Gasteiger partial charge on any atom is -0.457 e. The Bertz CT molecular complexity index is 1700. The molecule has 2 aliphatic heterocycles. The number of ether oxygens (including phenoxy) is 1. The highest BCUT2D eigenvalue weighted by Crippen LogP contribution is 2.46. The van der Waals surface area contributed by atoms with Crippen LogP contribution >= 0.6 is 11.3 Å². The van der Waals surface area contributed by atoms with E-state index >= 15 is 0 Å². The lowest BCUT2D eigenvalue weighted by Gasteiger charge is -2.29. The zero-order chi connectivity index (χ0) is 29.2. The molecule has 0 spiro atoms. The van der Waals surface area contributed by atoms with Gasteiger partial charge in [0.2, 0.25) is 5.91 Å². The predicted molar refractivity (Wildman–Crippen MR) is 164 cm³/mol. The average molecular weight is 583 g/mol. The Morgan fingerprint density at radius 2 is 1.98 bits per heavy atom. The number of thiophene rings is 1. The lowest BCUT2D eigenvalue weighted by atomic mass is 10.1. The lowest BCUT2D eigenvalue weighted by Crippen LogP contribution is -2.39. The maximum absolute atomic E-state index is 13.5. The molecule has 4 heterocycles. The molecule has 0 unspecified atom stereocenters. The number of urea groups is 1. The highest BCUT2D eigenvalue weighted by atomic mass is 32.1. The fourth-order valence-electron chi connectivity index (χ4n) is 5.26. The normalized spacial score (nSPS) is 16.2. The molecule has 2 aliphatic rings. The summed E-state index contributed by atoms with van der Waals surface area (Å²) < 4.78 is 5.97. The number of likely N-dealkylation sites (tertiary alicyclic amines) is 1. The van der Waals surface area contributed by atoms with E-state index in [2.05, 4.69) is 20.9 Å². The summed E-state index contributed by atoms with van der Waals surface area (Å²) in [6, 6.07) is 16.3. The number of para-hydroxylation sites is 1. The number of amides is 4. The van der Waals surface area contributed by atoms with Gasteiger partial charge in [-0.15, -0.1) is 11.3 Å². The van der Waals surface area contributed by atoms with Crippen LogP contribution in [0.15, 0.2) is 72.9 Å². The van der Waals surface area contributed by atoms with Gasteiger partial charge >= 0.3 is 6.03 Å². The van der Waals surface area contributed by atoms with Gasteiger partial charge in [-0.2, -0.15) is 0 Å². The Morgan fingerprint density at radius 1 is 1.14 bits per heavy atom. The molecule has 214 valence electrons. The predicted octanol–water partition coefficient (Wildman–Crippen LogP) is 5.19. The number of nitrogens with one attached hydrogen (secondary N) is 3. The number of anilines is 3. The Hall–Kier alpha value is -4.74. The molecule has 0 radical (unpaired) electrons. The highest BCUT2D eigenvalue weighted by molar-refractivity contribution is 7.21. The quantitative estimate of drug-likeness (QED) is 0.247. The standard InChI is InChI=1S/C31H30N6O4S/c1-19-17-22(41-21-7-4-3-5-8-21)10-11-23(19)37-24-12-15-33-30-26(24)27(35-31(37)40)28(42-30)29(39)34-20-13-16-36(18-20)25(38)9-6-14-32-2/h3-12,15,17,20,32H,13-14,16,18H2,1-2H3,(H,34,39)(H,35,40)/b9-6+/t20-/m1/s1. The van der Waals surface area contributed by atoms with Crippen LogP contribution in [-0.4, -0.2) is 60.5 Å². The van der Waals surface area contributed by atoms with Gasteiger partial charge in [-0.3, -0.25) is 14.5 Å². The van der Waals surface area contributed by atoms with E-state index in [-0.39, 0.29) is 23.9 Å². The van der Waals surface area contributed by atoms with E-state index in [4.69, 9.17) is 4.74 Å². The number of rotatable bonds is 8. The monoisotopic (exact) mass is 582 g/mol. The molecule has 4 aromatic rings. The summed E-state index contributed by atoms with van der Waals surface area (Å²) in [4.78, 5) is 48.3. The van der Waals surface area contributed by atoms with Crippen LogP contribution in [0.5, 0.6) is 11.5 Å². The number of nitrogens with zero attached hydrogens (tertiary/aromatic N) is 3. The van der Waals surface area contributed by atoms with Gasteiger partial charge in [-0.1, -0.05) is 24.3 Å². The number of carbonyl (C=O) groups is 3. The molecule has 1 atom stereocenters. The number of pyridine rings is 1. The van der Waals surface area contributed by atoms with Crippen LogP contribution in [0, 0.1) is 6.92 Å². The van der Waals surface area contributed by atoms with Crippen molar-refractivity contribution in [2.45, 2.75) is 19.4 Å². The maximum atomic E-state index is 13.5. The van der Waals surface area contributed by atoms with Crippen LogP contribution in [0.1, 0.15) is 21.7 Å². The van der Waals surface area contributed by atoms with Gasteiger partial charge in [0.25, 0.3) is 5.91 Å². The van der Waals surface area contributed by atoms with Gasteiger partial charge in [0.05, 0.1) is 22.4 Å². The third-order valence-electron chi connectivity index (χ3n) is 7.26. The summed E-state index contributed by atoms with van der Waals surface area (Å²) in [7, 11) is 1.82. The molecule has 6 rings (SSSR count). The number of aromatic nitrogens is 1. The van der Waals surface area contributed by atoms with E-state index in [9.17, 15) is 14.4 Å². The molecule has 2 aromatic heterocycles. The Balaban J connectivity index is 1.23. The van der Waals surface area contributed by atoms with E-state index in [1.54, 1.807) is 34.2 Å². The van der Waals surface area contributed by atoms with Crippen LogP contribution in [0.3, 0.4) is 0 Å². The SMILES string of the molecule is CNC/C=C/C(=O)N1CC[C@@H](NC(=O)c2sc3nccc4c3c2NC(=O)N4c2ccc(Oc3ccccc3)cc2C)C1. The van der Waals surface area contributed by atoms with Crippen LogP contribution in [0.25, 0.3) is 10.2 Å². The fraction of sp³-hybridized carbons (Fsp3) is 0.226. The van der Waals surface area contributed by atoms with Crippen LogP contribution in [-0.2, 0) is 4.79 Å². The molecule has 0 saturated carbocycles. The molecule has 3 N–H and O–H groups in total. The van der Waals surface area contributed by atoms with Crippen molar-refractivity contribution in [3.05, 3.63) is 83.4 Å². The number of carbonyl (C=O) groups excluding carboxylic acids is 3. The first-order chi connectivity index (χ1) is 20.4. The minimum atomic E-state index is -0.367. The van der Waals surface area contributed by atoms with Gasteiger partial charge in [0, 0.05) is 37.9 Å². The number of likely N-dealkylation sites (N-methyl/N-ethyl adjacent to an activating group) is 1. The molecule has 10 nitrogen and oxygen atoms in total. The van der Waals surface area contributed by atoms with Gasteiger partial charge in [0.15, 0.2) is 0 Å². The fourth-order valence-corrected chi connectivity index (χ4v) is 6.29. The van der Waals surface area contributed by atoms with E-state index in [1.165, 1.54) is 11.3 Å². The summed E-state index contributed by atoms with van der Waals surface area (Å²) in [5.74, 6) is 1.02. The molecule has 0 bridgehead atoms. The Labute approximate surface area is 247 Å². The summed E-state index contributed by atoms with van der Waals surface area (Å²) in [5, 5.41) is 9.69. The van der Waals surface area contributed by atoms with Gasteiger partial charge in [-0.05, 0) is 62.4 Å². The zero-order valence-corrected chi connectivity index (χ0v) is 24.0. The van der Waals surface area contributed by atoms with Crippen molar-refractivity contribution in [2.75, 3.05) is 36.9 Å². The maximum Gasteiger partial charge on any atom is 0.331 e. The van der Waals surface area contributed by atoms with Gasteiger partial charge in [0.1, 0.15) is 21.2 Å². The number of hydrogen-bond acceptors (Lipinski definition) is 7. The second-order valence-corrected chi connectivity index (χ2v) is 11.1. The van der Waals surface area contributed by atoms with Crippen molar-refractivity contribution in [3.8, 4) is 11.5 Å². The zero-order valence-electron chi connectivity index (χ0n) is 23.2. The highest BCUT2D eigenvalue weighted by Gasteiger charge is 2.34. The summed E-state index contributed by atoms with van der Waals surface area (Å²) in [6.45, 7) is 3.54. The topological polar surface area (TPSA) is 116 Å². The summed E-state index contributed by atoms with van der Waals surface area (Å²) in [5.41, 5.74) is 2.66. The number of aryl methyl sites for hydroxylation is 1. The van der Waals surface area contributed by atoms with Gasteiger partial charge in [-0.25, -0.2) is 9.78 Å². The van der Waals surface area contributed by atoms with Crippen molar-refractivity contribution in [2.24, 2.45) is 0 Å². The van der Waals surface area contributed by atoms with E-state index in [1.807, 2.05) is 62.5 Å². The smallest absolute Gasteiger partial charge is 0.331 e. The first-order valence-electron chi connectivity index (χ1n) is 13.7. The van der Waals surface area contributed by atoms with Crippen molar-refractivity contribution in [3.63, 3.8) is 0 Å². The Morgan fingerprint density at radius 3 is 2.76 bits per heavy atom. The Kier molecular flexibility index (Phi) is 7.60. The number of benzene rings is 2. The lowest BCUT2D eigenvalue weighted by molar-refractivity contribution is -0.125. The molecule has 1 saturated heterocycles. The van der Waals surface area contributed by atoms with E-state index in [0.717, 1.165) is 11.3 Å². The number of hydrogen-bond donors (Lipinski definition) is 3. The van der Waals surface area contributed by atoms with Crippen molar-refractivity contribution in [1.82, 2.24) is 20.5 Å².